The molecule has 1 atom stereocenters. The van der Waals surface area contributed by atoms with Crippen LogP contribution in [0.4, 0.5) is 0 Å². The van der Waals surface area contributed by atoms with Crippen LogP contribution in [0.1, 0.15) is 19.6 Å². The van der Waals surface area contributed by atoms with E-state index in [9.17, 15) is 4.79 Å². The molecular weight excluding hydrogens is 228 g/mol. The number of likely N-dealkylation sites (N-methyl/N-ethyl adjacent to an activating group) is 1. The second-order valence-electron chi connectivity index (χ2n) is 4.04. The van der Waals surface area contributed by atoms with Crippen molar-refractivity contribution in [1.29, 1.82) is 0 Å². The van der Waals surface area contributed by atoms with Gasteiger partial charge in [0.2, 0.25) is 5.91 Å². The molecule has 1 aromatic rings. The molecule has 0 aliphatic carbocycles. The molecule has 0 fully saturated rings. The Bertz CT molecular complexity index is 312. The number of hydrogen-bond acceptors (Lipinski definition) is 3. The van der Waals surface area contributed by atoms with E-state index in [0.29, 0.717) is 6.54 Å². The van der Waals surface area contributed by atoms with Gasteiger partial charge in [-0.3, -0.25) is 4.79 Å². The van der Waals surface area contributed by atoms with Crippen molar-refractivity contribution in [1.82, 2.24) is 4.90 Å². The molecule has 1 amide bonds. The average Bonchev–Trinajstić information content (AvgIpc) is 2.67. The highest BCUT2D eigenvalue weighted by atomic mass is 35.5. The monoisotopic (exact) mass is 246 g/mol. The van der Waals surface area contributed by atoms with E-state index in [0.717, 1.165) is 5.76 Å². The summed E-state index contributed by atoms with van der Waals surface area (Å²) < 4.78 is 5.16. The Kier molecular flexibility index (Phi) is 6.14. The summed E-state index contributed by atoms with van der Waals surface area (Å²) in [5.41, 5.74) is 5.77. The van der Waals surface area contributed by atoms with Crippen LogP contribution in [-0.4, -0.2) is 23.9 Å². The van der Waals surface area contributed by atoms with Gasteiger partial charge in [0, 0.05) is 7.05 Å². The maximum Gasteiger partial charge on any atom is 0.239 e. The molecule has 1 rings (SSSR count). The van der Waals surface area contributed by atoms with Crippen LogP contribution in [0.3, 0.4) is 0 Å². The van der Waals surface area contributed by atoms with Crippen LogP contribution < -0.4 is 5.73 Å². The number of rotatable bonds is 4. The molecule has 2 N–H and O–H groups in total. The second-order valence-corrected chi connectivity index (χ2v) is 4.04. The maximum atomic E-state index is 11.8. The van der Waals surface area contributed by atoms with Crippen molar-refractivity contribution in [3.05, 3.63) is 24.2 Å². The van der Waals surface area contributed by atoms with Crippen LogP contribution in [0.15, 0.2) is 22.8 Å². The third-order valence-electron chi connectivity index (χ3n) is 2.35. The Morgan fingerprint density at radius 3 is 2.62 bits per heavy atom. The van der Waals surface area contributed by atoms with E-state index in [-0.39, 0.29) is 24.2 Å². The highest BCUT2D eigenvalue weighted by Gasteiger charge is 2.21. The van der Waals surface area contributed by atoms with Crippen molar-refractivity contribution in [2.75, 3.05) is 7.05 Å². The fraction of sp³-hybridized carbons (Fsp3) is 0.545. The first-order valence-electron chi connectivity index (χ1n) is 5.05. The van der Waals surface area contributed by atoms with E-state index in [1.165, 1.54) is 0 Å². The molecule has 0 saturated carbocycles. The van der Waals surface area contributed by atoms with Gasteiger partial charge in [0.05, 0.1) is 18.8 Å². The van der Waals surface area contributed by atoms with E-state index in [1.54, 1.807) is 24.3 Å². The van der Waals surface area contributed by atoms with Gasteiger partial charge >= 0.3 is 0 Å². The molecule has 0 saturated heterocycles. The van der Waals surface area contributed by atoms with Crippen LogP contribution in [0.25, 0.3) is 0 Å². The third-order valence-corrected chi connectivity index (χ3v) is 2.35. The zero-order valence-corrected chi connectivity index (χ0v) is 10.7. The molecule has 1 aromatic heterocycles. The molecular formula is C11H19ClN2O2. The first-order valence-corrected chi connectivity index (χ1v) is 5.05. The van der Waals surface area contributed by atoms with Gasteiger partial charge in [-0.1, -0.05) is 13.8 Å². The maximum absolute atomic E-state index is 11.8. The predicted octanol–water partition coefficient (Wildman–Crippen LogP) is 1.64. The van der Waals surface area contributed by atoms with Gasteiger partial charge in [0.25, 0.3) is 0 Å². The number of nitrogens with zero attached hydrogens (tertiary/aromatic N) is 1. The number of amides is 1. The first-order chi connectivity index (χ1) is 7.02. The summed E-state index contributed by atoms with van der Waals surface area (Å²) in [6.07, 6.45) is 1.59. The van der Waals surface area contributed by atoms with Gasteiger partial charge < -0.3 is 15.1 Å². The predicted molar refractivity (Wildman–Crippen MR) is 65.2 cm³/mol. The van der Waals surface area contributed by atoms with Gasteiger partial charge in [0.1, 0.15) is 5.76 Å². The highest BCUT2D eigenvalue weighted by molar-refractivity contribution is 5.85. The standard InChI is InChI=1S/C11H18N2O2.ClH/c1-8(2)10(12)11(14)13(3)7-9-5-4-6-15-9;/h4-6,8,10H,7,12H2,1-3H3;1H. The molecule has 0 aliphatic heterocycles. The first kappa shape index (κ1) is 15.0. The summed E-state index contributed by atoms with van der Waals surface area (Å²) in [6, 6.07) is 3.20. The van der Waals surface area contributed by atoms with E-state index in [1.807, 2.05) is 19.9 Å². The number of halogens is 1. The largest absolute Gasteiger partial charge is 0.467 e. The smallest absolute Gasteiger partial charge is 0.239 e. The zero-order valence-electron chi connectivity index (χ0n) is 9.84. The number of nitrogens with two attached hydrogens (primary N) is 1. The van der Waals surface area contributed by atoms with Crippen molar-refractivity contribution in [3.8, 4) is 0 Å². The average molecular weight is 247 g/mol. The Hall–Kier alpha value is -1.00. The fourth-order valence-electron chi connectivity index (χ4n) is 1.25. The molecule has 0 aliphatic rings. The summed E-state index contributed by atoms with van der Waals surface area (Å²) in [5, 5.41) is 0. The molecule has 1 unspecified atom stereocenters. The summed E-state index contributed by atoms with van der Waals surface area (Å²) in [4.78, 5) is 13.4. The molecule has 92 valence electrons. The topological polar surface area (TPSA) is 59.5 Å². The minimum atomic E-state index is -0.440. The van der Waals surface area contributed by atoms with Crippen molar-refractivity contribution in [2.45, 2.75) is 26.4 Å². The lowest BCUT2D eigenvalue weighted by molar-refractivity contribution is -0.133. The minimum absolute atomic E-state index is 0. The molecule has 0 radical (unpaired) electrons. The molecule has 16 heavy (non-hydrogen) atoms. The van der Waals surface area contributed by atoms with Crippen LogP contribution in [-0.2, 0) is 11.3 Å². The van der Waals surface area contributed by atoms with Gasteiger partial charge in [-0.25, -0.2) is 0 Å². The molecule has 4 nitrogen and oxygen atoms in total. The Morgan fingerprint density at radius 2 is 2.19 bits per heavy atom. The zero-order chi connectivity index (χ0) is 11.4. The van der Waals surface area contributed by atoms with Crippen molar-refractivity contribution in [3.63, 3.8) is 0 Å². The SMILES string of the molecule is CC(C)C(N)C(=O)N(C)Cc1ccco1.Cl. The fourth-order valence-corrected chi connectivity index (χ4v) is 1.25. The molecule has 0 spiro atoms. The number of furan rings is 1. The van der Waals surface area contributed by atoms with Crippen molar-refractivity contribution >= 4 is 18.3 Å². The lowest BCUT2D eigenvalue weighted by Crippen LogP contribution is -2.44. The molecule has 0 aromatic carbocycles. The molecule has 5 heteroatoms. The number of hydrogen-bond donors (Lipinski definition) is 1. The Morgan fingerprint density at radius 1 is 1.56 bits per heavy atom. The lowest BCUT2D eigenvalue weighted by Gasteiger charge is -2.22. The van der Waals surface area contributed by atoms with Gasteiger partial charge in [-0.05, 0) is 18.1 Å². The normalized spacial score (nSPS) is 12.1. The minimum Gasteiger partial charge on any atom is -0.467 e. The van der Waals surface area contributed by atoms with Crippen molar-refractivity contribution in [2.24, 2.45) is 11.7 Å². The van der Waals surface area contributed by atoms with Gasteiger partial charge in [0.15, 0.2) is 0 Å². The van der Waals surface area contributed by atoms with Crippen LogP contribution in [0.5, 0.6) is 0 Å². The van der Waals surface area contributed by atoms with Crippen LogP contribution >= 0.6 is 12.4 Å². The van der Waals surface area contributed by atoms with Crippen LogP contribution in [0.2, 0.25) is 0 Å². The summed E-state index contributed by atoms with van der Waals surface area (Å²) in [5.74, 6) is 0.861. The van der Waals surface area contributed by atoms with E-state index >= 15 is 0 Å². The summed E-state index contributed by atoms with van der Waals surface area (Å²) in [6.45, 7) is 4.33. The van der Waals surface area contributed by atoms with Gasteiger partial charge in [-0.2, -0.15) is 0 Å². The van der Waals surface area contributed by atoms with E-state index in [2.05, 4.69) is 0 Å². The van der Waals surface area contributed by atoms with E-state index < -0.39 is 6.04 Å². The van der Waals surface area contributed by atoms with Crippen molar-refractivity contribution < 1.29 is 9.21 Å². The highest BCUT2D eigenvalue weighted by Crippen LogP contribution is 2.07. The third kappa shape index (κ3) is 3.87. The second kappa shape index (κ2) is 6.55. The number of carbonyl (C=O) groups excluding carboxylic acids is 1. The molecule has 0 bridgehead atoms. The Balaban J connectivity index is 0.00000225. The summed E-state index contributed by atoms with van der Waals surface area (Å²) >= 11 is 0. The lowest BCUT2D eigenvalue weighted by atomic mass is 10.0. The van der Waals surface area contributed by atoms with Gasteiger partial charge in [-0.15, -0.1) is 12.4 Å². The quantitative estimate of drug-likeness (QED) is 0.879. The molecule has 1 heterocycles. The van der Waals surface area contributed by atoms with Crippen LogP contribution in [0, 0.1) is 5.92 Å². The number of carbonyl (C=O) groups is 1. The summed E-state index contributed by atoms with van der Waals surface area (Å²) in [7, 11) is 1.73. The van der Waals surface area contributed by atoms with E-state index in [4.69, 9.17) is 10.2 Å². The Labute approximate surface area is 102 Å².